The lowest BCUT2D eigenvalue weighted by atomic mass is 10.0. The molecule has 1 saturated heterocycles. The predicted molar refractivity (Wildman–Crippen MR) is 89.3 cm³/mol. The molecular weight excluding hydrogens is 258 g/mol. The fourth-order valence-corrected chi connectivity index (χ4v) is 3.56. The van der Waals surface area contributed by atoms with Gasteiger partial charge in [-0.2, -0.15) is 0 Å². The van der Waals surface area contributed by atoms with Crippen LogP contribution in [0.1, 0.15) is 63.9 Å². The van der Waals surface area contributed by atoms with Gasteiger partial charge in [-0.3, -0.25) is 4.90 Å². The van der Waals surface area contributed by atoms with Crippen LogP contribution in [0, 0.1) is 0 Å². The normalized spacial score (nSPS) is 22.8. The minimum absolute atomic E-state index is 0.305. The average molecular weight is 289 g/mol. The van der Waals surface area contributed by atoms with E-state index >= 15 is 0 Å². The molecular formula is C19H31NO. The molecule has 1 aliphatic rings. The second kappa shape index (κ2) is 9.22. The molecule has 0 unspecified atom stereocenters. The topological polar surface area (TPSA) is 23.5 Å². The maximum absolute atomic E-state index is 9.63. The Labute approximate surface area is 130 Å². The van der Waals surface area contributed by atoms with Gasteiger partial charge in [-0.1, -0.05) is 69.4 Å². The first kappa shape index (κ1) is 16.5. The number of aliphatic hydroxyl groups is 1. The summed E-state index contributed by atoms with van der Waals surface area (Å²) in [5, 5.41) is 9.63. The largest absolute Gasteiger partial charge is 0.395 e. The lowest BCUT2D eigenvalue weighted by molar-refractivity contribution is 0.117. The van der Waals surface area contributed by atoms with E-state index < -0.39 is 0 Å². The molecule has 118 valence electrons. The van der Waals surface area contributed by atoms with Crippen molar-refractivity contribution >= 4 is 0 Å². The third-order valence-corrected chi connectivity index (χ3v) is 4.83. The smallest absolute Gasteiger partial charge is 0.0587 e. The molecule has 1 aromatic carbocycles. The van der Waals surface area contributed by atoms with Crippen LogP contribution in [0.2, 0.25) is 0 Å². The molecule has 0 amide bonds. The van der Waals surface area contributed by atoms with Crippen molar-refractivity contribution in [3.05, 3.63) is 35.9 Å². The van der Waals surface area contributed by atoms with E-state index in [1.807, 2.05) is 0 Å². The zero-order chi connectivity index (χ0) is 14.9. The highest BCUT2D eigenvalue weighted by Gasteiger charge is 2.32. The molecule has 0 bridgehead atoms. The summed E-state index contributed by atoms with van der Waals surface area (Å²) < 4.78 is 0. The first-order valence-corrected chi connectivity index (χ1v) is 8.75. The molecule has 2 rings (SSSR count). The van der Waals surface area contributed by atoms with Crippen LogP contribution in [0.4, 0.5) is 0 Å². The van der Waals surface area contributed by atoms with Crippen molar-refractivity contribution in [3.63, 3.8) is 0 Å². The highest BCUT2D eigenvalue weighted by molar-refractivity contribution is 5.15. The number of likely N-dealkylation sites (tertiary alicyclic amines) is 1. The van der Waals surface area contributed by atoms with Gasteiger partial charge in [0, 0.05) is 18.6 Å². The van der Waals surface area contributed by atoms with Crippen LogP contribution in [0.15, 0.2) is 30.3 Å². The van der Waals surface area contributed by atoms with Crippen molar-refractivity contribution in [2.24, 2.45) is 0 Å². The number of aliphatic hydroxyl groups excluding tert-OH is 1. The molecule has 1 aromatic rings. The van der Waals surface area contributed by atoms with Crippen LogP contribution in [0.25, 0.3) is 0 Å². The Morgan fingerprint density at radius 3 is 2.43 bits per heavy atom. The van der Waals surface area contributed by atoms with Crippen LogP contribution < -0.4 is 0 Å². The third kappa shape index (κ3) is 5.12. The summed E-state index contributed by atoms with van der Waals surface area (Å²) >= 11 is 0. The number of nitrogens with zero attached hydrogens (tertiary/aromatic N) is 1. The SMILES string of the molecule is CCCCCCC[C@H]1CC[C@@H](CO)N1Cc1ccccc1. The minimum Gasteiger partial charge on any atom is -0.395 e. The van der Waals surface area contributed by atoms with Crippen molar-refractivity contribution in [1.29, 1.82) is 0 Å². The van der Waals surface area contributed by atoms with E-state index in [0.29, 0.717) is 18.7 Å². The molecule has 0 saturated carbocycles. The molecule has 2 nitrogen and oxygen atoms in total. The lowest BCUT2D eigenvalue weighted by Crippen LogP contribution is -2.37. The van der Waals surface area contributed by atoms with Gasteiger partial charge in [0.05, 0.1) is 6.61 Å². The van der Waals surface area contributed by atoms with Gasteiger partial charge in [0.25, 0.3) is 0 Å². The third-order valence-electron chi connectivity index (χ3n) is 4.83. The maximum atomic E-state index is 9.63. The summed E-state index contributed by atoms with van der Waals surface area (Å²) in [5.74, 6) is 0. The van der Waals surface area contributed by atoms with E-state index in [1.165, 1.54) is 50.5 Å². The molecule has 0 aliphatic carbocycles. The zero-order valence-corrected chi connectivity index (χ0v) is 13.5. The second-order valence-corrected chi connectivity index (χ2v) is 6.43. The quantitative estimate of drug-likeness (QED) is 0.682. The highest BCUT2D eigenvalue weighted by atomic mass is 16.3. The van der Waals surface area contributed by atoms with Gasteiger partial charge in [-0.25, -0.2) is 0 Å². The molecule has 1 fully saturated rings. The first-order chi connectivity index (χ1) is 10.3. The van der Waals surface area contributed by atoms with E-state index in [9.17, 15) is 5.11 Å². The second-order valence-electron chi connectivity index (χ2n) is 6.43. The first-order valence-electron chi connectivity index (χ1n) is 8.75. The Bertz CT molecular complexity index is 378. The van der Waals surface area contributed by atoms with E-state index in [2.05, 4.69) is 42.2 Å². The van der Waals surface area contributed by atoms with Crippen LogP contribution in [0.3, 0.4) is 0 Å². The van der Waals surface area contributed by atoms with E-state index in [0.717, 1.165) is 13.0 Å². The molecule has 0 aromatic heterocycles. The van der Waals surface area contributed by atoms with Gasteiger partial charge < -0.3 is 5.11 Å². The predicted octanol–water partition coefficient (Wildman–Crippen LogP) is 4.37. The lowest BCUT2D eigenvalue weighted by Gasteiger charge is -2.29. The number of rotatable bonds is 9. The summed E-state index contributed by atoms with van der Waals surface area (Å²) in [6, 6.07) is 11.7. The Kier molecular flexibility index (Phi) is 7.25. The molecule has 0 radical (unpaired) electrons. The molecule has 1 aliphatic heterocycles. The Morgan fingerprint density at radius 1 is 1.00 bits per heavy atom. The van der Waals surface area contributed by atoms with Crippen molar-refractivity contribution in [1.82, 2.24) is 4.90 Å². The van der Waals surface area contributed by atoms with Crippen LogP contribution >= 0.6 is 0 Å². The molecule has 1 heterocycles. The van der Waals surface area contributed by atoms with E-state index in [4.69, 9.17) is 0 Å². The van der Waals surface area contributed by atoms with Crippen LogP contribution in [0.5, 0.6) is 0 Å². The number of benzene rings is 1. The monoisotopic (exact) mass is 289 g/mol. The maximum Gasteiger partial charge on any atom is 0.0587 e. The van der Waals surface area contributed by atoms with Gasteiger partial charge in [0.1, 0.15) is 0 Å². The molecule has 2 atom stereocenters. The average Bonchev–Trinajstić information content (AvgIpc) is 2.90. The summed E-state index contributed by atoms with van der Waals surface area (Å²) in [7, 11) is 0. The Balaban J connectivity index is 1.84. The van der Waals surface area contributed by atoms with Gasteiger partial charge in [-0.15, -0.1) is 0 Å². The van der Waals surface area contributed by atoms with E-state index in [-0.39, 0.29) is 0 Å². The van der Waals surface area contributed by atoms with Gasteiger partial charge in [0.15, 0.2) is 0 Å². The van der Waals surface area contributed by atoms with Crippen molar-refractivity contribution < 1.29 is 5.11 Å². The van der Waals surface area contributed by atoms with Crippen LogP contribution in [-0.4, -0.2) is 28.7 Å². The number of hydrogen-bond acceptors (Lipinski definition) is 2. The Hall–Kier alpha value is -0.860. The Morgan fingerprint density at radius 2 is 1.71 bits per heavy atom. The van der Waals surface area contributed by atoms with Crippen molar-refractivity contribution in [2.75, 3.05) is 6.61 Å². The van der Waals surface area contributed by atoms with Crippen molar-refractivity contribution in [3.8, 4) is 0 Å². The van der Waals surface area contributed by atoms with Gasteiger partial charge in [-0.05, 0) is 24.8 Å². The van der Waals surface area contributed by atoms with Gasteiger partial charge in [0.2, 0.25) is 0 Å². The van der Waals surface area contributed by atoms with E-state index in [1.54, 1.807) is 0 Å². The molecule has 2 heteroatoms. The highest BCUT2D eigenvalue weighted by Crippen LogP contribution is 2.29. The number of unbranched alkanes of at least 4 members (excludes halogenated alkanes) is 4. The summed E-state index contributed by atoms with van der Waals surface area (Å²) in [4.78, 5) is 2.55. The molecule has 1 N–H and O–H groups in total. The fourth-order valence-electron chi connectivity index (χ4n) is 3.56. The standard InChI is InChI=1S/C19H31NO/c1-2-3-4-5-9-12-18-13-14-19(16-21)20(18)15-17-10-7-6-8-11-17/h6-8,10-11,18-19,21H,2-5,9,12-16H2,1H3/t18-,19-/m0/s1. The summed E-state index contributed by atoms with van der Waals surface area (Å²) in [6.07, 6.45) is 10.5. The van der Waals surface area contributed by atoms with Gasteiger partial charge >= 0.3 is 0 Å². The van der Waals surface area contributed by atoms with Crippen LogP contribution in [-0.2, 0) is 6.54 Å². The van der Waals surface area contributed by atoms with Crippen molar-refractivity contribution in [2.45, 2.75) is 76.9 Å². The molecule has 0 spiro atoms. The summed E-state index contributed by atoms with van der Waals surface area (Å²) in [6.45, 7) is 3.56. The molecule has 21 heavy (non-hydrogen) atoms. The number of hydrogen-bond donors (Lipinski definition) is 1. The summed E-state index contributed by atoms with van der Waals surface area (Å²) in [5.41, 5.74) is 1.37. The minimum atomic E-state index is 0.305. The zero-order valence-electron chi connectivity index (χ0n) is 13.5. The fraction of sp³-hybridized carbons (Fsp3) is 0.684.